The molecular weight excluding hydrogens is 166 g/mol. The van der Waals surface area contributed by atoms with Crippen molar-refractivity contribution in [1.82, 2.24) is 0 Å². The van der Waals surface area contributed by atoms with Gasteiger partial charge in [-0.3, -0.25) is 0 Å². The molecule has 0 saturated heterocycles. The van der Waals surface area contributed by atoms with Crippen LogP contribution in [0, 0.1) is 0 Å². The predicted octanol–water partition coefficient (Wildman–Crippen LogP) is 4.11. The molecule has 0 radical (unpaired) electrons. The molecule has 1 nitrogen and oxygen atoms in total. The highest BCUT2D eigenvalue weighted by molar-refractivity contribution is 7.08. The number of thiophene rings is 1. The molecule has 1 heterocycles. The predicted molar refractivity (Wildman–Crippen MR) is 58.7 cm³/mol. The molecule has 0 fully saturated rings. The Balaban J connectivity index is 0.000000561. The molecule has 68 valence electrons. The Hall–Kier alpha value is -0.760. The van der Waals surface area contributed by atoms with Crippen molar-refractivity contribution < 1.29 is 0 Å². The van der Waals surface area contributed by atoms with E-state index in [-0.39, 0.29) is 0 Å². The van der Waals surface area contributed by atoms with E-state index < -0.39 is 0 Å². The van der Waals surface area contributed by atoms with E-state index in [9.17, 15) is 0 Å². The molecule has 0 spiro atoms. The molecule has 0 aliphatic carbocycles. The molecule has 0 bridgehead atoms. The first kappa shape index (κ1) is 11.2. The Kier molecular flexibility index (Phi) is 6.48. The van der Waals surface area contributed by atoms with Gasteiger partial charge in [-0.1, -0.05) is 19.4 Å². The van der Waals surface area contributed by atoms with Gasteiger partial charge < -0.3 is 5.32 Å². The van der Waals surface area contributed by atoms with Crippen LogP contribution in [0.5, 0.6) is 0 Å². The summed E-state index contributed by atoms with van der Waals surface area (Å²) in [6.45, 7) is 8.14. The second-order valence-corrected chi connectivity index (χ2v) is 3.16. The van der Waals surface area contributed by atoms with Gasteiger partial charge in [0.15, 0.2) is 0 Å². The van der Waals surface area contributed by atoms with Crippen LogP contribution < -0.4 is 5.32 Å². The maximum absolute atomic E-state index is 3.17. The number of anilines is 1. The van der Waals surface area contributed by atoms with E-state index in [0.717, 1.165) is 0 Å². The average Bonchev–Trinajstić information content (AvgIpc) is 2.56. The maximum Gasteiger partial charge on any atom is 0.0488 e. The molecule has 0 saturated carbocycles. The maximum atomic E-state index is 3.17. The molecule has 1 aromatic rings. The van der Waals surface area contributed by atoms with Crippen LogP contribution in [0.3, 0.4) is 0 Å². The van der Waals surface area contributed by atoms with E-state index >= 15 is 0 Å². The van der Waals surface area contributed by atoms with Gasteiger partial charge in [0.25, 0.3) is 0 Å². The van der Waals surface area contributed by atoms with Gasteiger partial charge in [0.1, 0.15) is 0 Å². The van der Waals surface area contributed by atoms with Crippen LogP contribution in [0.4, 0.5) is 5.69 Å². The Morgan fingerprint density at radius 2 is 2.08 bits per heavy atom. The summed E-state index contributed by atoms with van der Waals surface area (Å²) in [7, 11) is 0. The van der Waals surface area contributed by atoms with Crippen LogP contribution in [-0.4, -0.2) is 0 Å². The van der Waals surface area contributed by atoms with Gasteiger partial charge in [-0.2, -0.15) is 11.3 Å². The molecule has 0 amide bonds. The Morgan fingerprint density at radius 3 is 2.50 bits per heavy atom. The van der Waals surface area contributed by atoms with Gasteiger partial charge in [-0.15, -0.1) is 0 Å². The molecule has 0 aliphatic rings. The van der Waals surface area contributed by atoms with Gasteiger partial charge in [-0.25, -0.2) is 0 Å². The van der Waals surface area contributed by atoms with Crippen molar-refractivity contribution in [3.05, 3.63) is 28.6 Å². The van der Waals surface area contributed by atoms with E-state index in [2.05, 4.69) is 36.0 Å². The van der Waals surface area contributed by atoms with Gasteiger partial charge in [0.2, 0.25) is 0 Å². The van der Waals surface area contributed by atoms with Gasteiger partial charge in [-0.05, 0) is 31.5 Å². The van der Waals surface area contributed by atoms with E-state index in [1.807, 2.05) is 20.0 Å². The van der Waals surface area contributed by atoms with Gasteiger partial charge >= 0.3 is 0 Å². The summed E-state index contributed by atoms with van der Waals surface area (Å²) in [5.41, 5.74) is 2.46. The summed E-state index contributed by atoms with van der Waals surface area (Å²) < 4.78 is 0. The minimum atomic E-state index is 1.17. The fourth-order valence-electron chi connectivity index (χ4n) is 0.574. The Morgan fingerprint density at radius 1 is 1.42 bits per heavy atom. The smallest absolute Gasteiger partial charge is 0.0488 e. The van der Waals surface area contributed by atoms with E-state index in [1.54, 1.807) is 11.3 Å². The van der Waals surface area contributed by atoms with Gasteiger partial charge in [0.05, 0.1) is 0 Å². The highest BCUT2D eigenvalue weighted by atomic mass is 32.1. The van der Waals surface area contributed by atoms with Crippen molar-refractivity contribution in [1.29, 1.82) is 0 Å². The number of allylic oxidation sites excluding steroid dienone is 1. The third kappa shape index (κ3) is 4.97. The molecule has 1 aromatic heterocycles. The highest BCUT2D eigenvalue weighted by Crippen LogP contribution is 2.11. The molecule has 12 heavy (non-hydrogen) atoms. The number of rotatable bonds is 2. The lowest BCUT2D eigenvalue weighted by Gasteiger charge is -1.94. The fraction of sp³-hybridized carbons (Fsp3) is 0.400. The van der Waals surface area contributed by atoms with Crippen LogP contribution in [0.2, 0.25) is 0 Å². The number of nitrogens with one attached hydrogen (secondary N) is 1. The van der Waals surface area contributed by atoms with Crippen molar-refractivity contribution in [3.63, 3.8) is 0 Å². The molecule has 0 aromatic carbocycles. The summed E-state index contributed by atoms with van der Waals surface area (Å²) in [6, 6.07) is 2.06. The van der Waals surface area contributed by atoms with Crippen molar-refractivity contribution in [2.45, 2.75) is 27.7 Å². The SMILES string of the molecule is CC.CC(C)=CNc1ccsc1. The highest BCUT2D eigenvalue weighted by Gasteiger charge is 1.85. The first-order valence-corrected chi connectivity index (χ1v) is 5.15. The number of hydrogen-bond acceptors (Lipinski definition) is 2. The van der Waals surface area contributed by atoms with Gasteiger partial charge in [0, 0.05) is 11.1 Å². The largest absolute Gasteiger partial charge is 0.361 e. The standard InChI is InChI=1S/C8H11NS.C2H6/c1-7(2)5-9-8-3-4-10-6-8;1-2/h3-6,9H,1-2H3;1-2H3. The molecule has 0 aliphatic heterocycles. The molecule has 0 unspecified atom stereocenters. The van der Waals surface area contributed by atoms with E-state index in [0.29, 0.717) is 0 Å². The van der Waals surface area contributed by atoms with Crippen molar-refractivity contribution in [2.75, 3.05) is 5.32 Å². The zero-order valence-electron chi connectivity index (χ0n) is 8.22. The fourth-order valence-corrected chi connectivity index (χ4v) is 1.17. The first-order chi connectivity index (χ1) is 5.79. The van der Waals surface area contributed by atoms with Crippen molar-refractivity contribution in [3.8, 4) is 0 Å². The minimum absolute atomic E-state index is 1.17. The number of hydrogen-bond donors (Lipinski definition) is 1. The molecular formula is C10H17NS. The van der Waals surface area contributed by atoms with Crippen LogP contribution in [0.15, 0.2) is 28.6 Å². The summed E-state index contributed by atoms with van der Waals surface area (Å²) in [5, 5.41) is 7.31. The average molecular weight is 183 g/mol. The molecule has 0 atom stereocenters. The second-order valence-electron chi connectivity index (χ2n) is 2.38. The van der Waals surface area contributed by atoms with Crippen molar-refractivity contribution in [2.24, 2.45) is 0 Å². The zero-order chi connectivity index (χ0) is 9.40. The van der Waals surface area contributed by atoms with E-state index in [4.69, 9.17) is 0 Å². The summed E-state index contributed by atoms with van der Waals surface area (Å²) in [4.78, 5) is 0. The lowest BCUT2D eigenvalue weighted by atomic mass is 10.4. The molecule has 2 heteroatoms. The quantitative estimate of drug-likeness (QED) is 0.727. The lowest BCUT2D eigenvalue weighted by Crippen LogP contribution is -1.84. The van der Waals surface area contributed by atoms with E-state index in [1.165, 1.54) is 11.3 Å². The zero-order valence-corrected chi connectivity index (χ0v) is 9.03. The normalized spacial score (nSPS) is 8.00. The Bertz CT molecular complexity index is 208. The van der Waals surface area contributed by atoms with Crippen LogP contribution >= 0.6 is 11.3 Å². The van der Waals surface area contributed by atoms with Crippen LogP contribution in [0.25, 0.3) is 0 Å². The second kappa shape index (κ2) is 6.92. The monoisotopic (exact) mass is 183 g/mol. The van der Waals surface area contributed by atoms with Crippen LogP contribution in [0.1, 0.15) is 27.7 Å². The summed E-state index contributed by atoms with van der Waals surface area (Å²) in [5.74, 6) is 0. The third-order valence-corrected chi connectivity index (χ3v) is 1.73. The summed E-state index contributed by atoms with van der Waals surface area (Å²) >= 11 is 1.70. The first-order valence-electron chi connectivity index (χ1n) is 4.21. The Labute approximate surface area is 79.1 Å². The third-order valence-electron chi connectivity index (χ3n) is 1.05. The molecule has 1 rings (SSSR count). The topological polar surface area (TPSA) is 12.0 Å². The lowest BCUT2D eigenvalue weighted by molar-refractivity contribution is 1.36. The van der Waals surface area contributed by atoms with Crippen LogP contribution in [-0.2, 0) is 0 Å². The molecule has 1 N–H and O–H groups in total. The van der Waals surface area contributed by atoms with Crippen molar-refractivity contribution >= 4 is 17.0 Å². The minimum Gasteiger partial charge on any atom is -0.361 e. The summed E-state index contributed by atoms with van der Waals surface area (Å²) in [6.07, 6.45) is 2.00.